The van der Waals surface area contributed by atoms with Crippen molar-refractivity contribution in [3.05, 3.63) is 48.6 Å². The van der Waals surface area contributed by atoms with Gasteiger partial charge in [-0.3, -0.25) is 14.4 Å². The van der Waals surface area contributed by atoms with Crippen molar-refractivity contribution in [3.8, 4) is 0 Å². The Morgan fingerprint density at radius 2 is 0.476 bits per heavy atom. The van der Waals surface area contributed by atoms with Gasteiger partial charge in [-0.25, -0.2) is 0 Å². The van der Waals surface area contributed by atoms with Gasteiger partial charge < -0.3 is 14.2 Å². The monoisotopic (exact) mass is 1150 g/mol. The van der Waals surface area contributed by atoms with Crippen LogP contribution in [-0.2, 0) is 28.6 Å². The van der Waals surface area contributed by atoms with E-state index in [1.54, 1.807) is 0 Å². The van der Waals surface area contributed by atoms with E-state index in [0.717, 1.165) is 83.5 Å². The Hall–Kier alpha value is -2.63. The number of unbranched alkanes of at least 4 members (excludes halogenated alkanes) is 49. The number of carbonyl (C=O) groups is 3. The highest BCUT2D eigenvalue weighted by Crippen LogP contribution is 2.19. The minimum atomic E-state index is -0.771. The maximum absolute atomic E-state index is 13.0. The van der Waals surface area contributed by atoms with Crippen LogP contribution in [0.1, 0.15) is 400 Å². The maximum Gasteiger partial charge on any atom is 0.306 e. The fourth-order valence-corrected chi connectivity index (χ4v) is 11.1. The number of allylic oxidation sites excluding steroid dienone is 8. The zero-order chi connectivity index (χ0) is 59.2. The van der Waals surface area contributed by atoms with Crippen molar-refractivity contribution in [2.75, 3.05) is 13.2 Å². The second-order valence-electron chi connectivity index (χ2n) is 24.8. The zero-order valence-electron chi connectivity index (χ0n) is 55.3. The first-order valence-electron chi connectivity index (χ1n) is 36.6. The van der Waals surface area contributed by atoms with Crippen LogP contribution < -0.4 is 0 Å². The van der Waals surface area contributed by atoms with Gasteiger partial charge in [-0.2, -0.15) is 0 Å². The van der Waals surface area contributed by atoms with Crippen molar-refractivity contribution in [1.29, 1.82) is 0 Å². The summed E-state index contributed by atoms with van der Waals surface area (Å²) in [5, 5.41) is 0. The molecular formula is C76H140O6. The van der Waals surface area contributed by atoms with Gasteiger partial charge in [-0.05, 0) is 57.8 Å². The number of carbonyl (C=O) groups excluding carboxylic acids is 3. The van der Waals surface area contributed by atoms with Crippen LogP contribution in [0.15, 0.2) is 48.6 Å². The van der Waals surface area contributed by atoms with Crippen LogP contribution in [0.3, 0.4) is 0 Å². The lowest BCUT2D eigenvalue weighted by atomic mass is 10.0. The molecule has 0 aromatic heterocycles. The molecule has 0 heterocycles. The van der Waals surface area contributed by atoms with Crippen molar-refractivity contribution < 1.29 is 28.6 Å². The van der Waals surface area contributed by atoms with Crippen molar-refractivity contribution in [1.82, 2.24) is 0 Å². The average molecular weight is 1150 g/mol. The van der Waals surface area contributed by atoms with E-state index in [1.165, 1.54) is 276 Å². The van der Waals surface area contributed by atoms with E-state index in [4.69, 9.17) is 14.2 Å². The van der Waals surface area contributed by atoms with E-state index in [1.807, 2.05) is 0 Å². The first-order valence-corrected chi connectivity index (χ1v) is 36.6. The molecule has 480 valence electrons. The summed E-state index contributed by atoms with van der Waals surface area (Å²) in [5.74, 6) is -0.836. The lowest BCUT2D eigenvalue weighted by Crippen LogP contribution is -2.30. The van der Waals surface area contributed by atoms with Crippen molar-refractivity contribution in [2.24, 2.45) is 0 Å². The number of esters is 3. The van der Waals surface area contributed by atoms with Gasteiger partial charge in [0.05, 0.1) is 0 Å². The van der Waals surface area contributed by atoms with Crippen LogP contribution in [0.4, 0.5) is 0 Å². The van der Waals surface area contributed by atoms with Gasteiger partial charge >= 0.3 is 17.9 Å². The molecule has 0 aliphatic heterocycles. The largest absolute Gasteiger partial charge is 0.462 e. The first-order chi connectivity index (χ1) is 40.5. The predicted octanol–water partition coefficient (Wildman–Crippen LogP) is 25.3. The highest BCUT2D eigenvalue weighted by molar-refractivity contribution is 5.71. The molecule has 0 N–H and O–H groups in total. The smallest absolute Gasteiger partial charge is 0.306 e. The van der Waals surface area contributed by atoms with Crippen molar-refractivity contribution in [3.63, 3.8) is 0 Å². The number of rotatable bonds is 68. The fourth-order valence-electron chi connectivity index (χ4n) is 11.1. The van der Waals surface area contributed by atoms with E-state index < -0.39 is 6.10 Å². The molecule has 82 heavy (non-hydrogen) atoms. The maximum atomic E-state index is 13.0. The van der Waals surface area contributed by atoms with Crippen LogP contribution in [0.2, 0.25) is 0 Å². The Balaban J connectivity index is 4.26. The summed E-state index contributed by atoms with van der Waals surface area (Å²) in [6.07, 6.45) is 90.0. The van der Waals surface area contributed by atoms with Gasteiger partial charge in [-0.1, -0.05) is 371 Å². The van der Waals surface area contributed by atoms with Crippen LogP contribution in [0.25, 0.3) is 0 Å². The zero-order valence-corrected chi connectivity index (χ0v) is 55.3. The number of ether oxygens (including phenoxy) is 3. The third-order valence-electron chi connectivity index (χ3n) is 16.6. The molecule has 0 aromatic carbocycles. The molecule has 0 rings (SSSR count). The third-order valence-corrected chi connectivity index (χ3v) is 16.6. The topological polar surface area (TPSA) is 78.9 Å². The molecule has 0 aliphatic carbocycles. The highest BCUT2D eigenvalue weighted by Gasteiger charge is 2.19. The summed E-state index contributed by atoms with van der Waals surface area (Å²) >= 11 is 0. The lowest BCUT2D eigenvalue weighted by molar-refractivity contribution is -0.167. The Kier molecular flexibility index (Phi) is 68.6. The molecule has 0 saturated carbocycles. The molecule has 0 spiro atoms. The Morgan fingerprint density at radius 1 is 0.256 bits per heavy atom. The SMILES string of the molecule is CC/C=C\C/C=C\C/C=C\C/C=C\CCCCCCCCCCCCCCC(=O)OCC(COC(=O)CCCCCCCCCCCCCCCCC)OC(=O)CCCCCCCCCCCCCCCCCCCCCCCCCC. The summed E-state index contributed by atoms with van der Waals surface area (Å²) in [6, 6.07) is 0. The second-order valence-corrected chi connectivity index (χ2v) is 24.8. The summed E-state index contributed by atoms with van der Waals surface area (Å²) in [6.45, 7) is 6.61. The molecule has 0 radical (unpaired) electrons. The molecule has 0 saturated heterocycles. The summed E-state index contributed by atoms with van der Waals surface area (Å²) < 4.78 is 17.0. The van der Waals surface area contributed by atoms with Crippen LogP contribution in [-0.4, -0.2) is 37.2 Å². The lowest BCUT2D eigenvalue weighted by Gasteiger charge is -2.18. The van der Waals surface area contributed by atoms with Crippen LogP contribution in [0.5, 0.6) is 0 Å². The Labute approximate surface area is 511 Å². The average Bonchev–Trinajstić information content (AvgIpc) is 3.47. The minimum Gasteiger partial charge on any atom is -0.462 e. The van der Waals surface area contributed by atoms with Gasteiger partial charge in [0.1, 0.15) is 13.2 Å². The molecule has 0 bridgehead atoms. The molecular weight excluding hydrogens is 1010 g/mol. The van der Waals surface area contributed by atoms with E-state index >= 15 is 0 Å². The fraction of sp³-hybridized carbons (Fsp3) is 0.855. The minimum absolute atomic E-state index is 0.0668. The molecule has 6 nitrogen and oxygen atoms in total. The second kappa shape index (κ2) is 70.9. The first kappa shape index (κ1) is 79.4. The molecule has 0 fully saturated rings. The highest BCUT2D eigenvalue weighted by atomic mass is 16.6. The third kappa shape index (κ3) is 68.2. The van der Waals surface area contributed by atoms with Crippen LogP contribution >= 0.6 is 0 Å². The number of hydrogen-bond acceptors (Lipinski definition) is 6. The van der Waals surface area contributed by atoms with Gasteiger partial charge in [-0.15, -0.1) is 0 Å². The molecule has 0 amide bonds. The molecule has 0 aliphatic rings. The normalized spacial score (nSPS) is 12.3. The molecule has 6 heteroatoms. The van der Waals surface area contributed by atoms with Gasteiger partial charge in [0.25, 0.3) is 0 Å². The Morgan fingerprint density at radius 3 is 0.744 bits per heavy atom. The van der Waals surface area contributed by atoms with E-state index in [2.05, 4.69) is 69.4 Å². The molecule has 1 atom stereocenters. The van der Waals surface area contributed by atoms with Gasteiger partial charge in [0.15, 0.2) is 6.10 Å². The standard InChI is InChI=1S/C76H140O6/c1-4-7-10-13-16-19-22-25-28-30-32-34-36-38-40-41-43-45-48-51-54-57-60-63-66-69-75(78)81-72-73(71-80-74(77)68-65-62-59-56-53-50-47-27-24-21-18-15-12-9-6-3)82-76(79)70-67-64-61-58-55-52-49-46-44-42-39-37-35-33-31-29-26-23-20-17-14-11-8-5-2/h7,10,16,19,25,28,32,34,73H,4-6,8-9,11-15,17-18,20-24,26-27,29-31,33,35-72H2,1-3H3/b10-7-,19-16-,28-25-,34-32-. The van der Waals surface area contributed by atoms with Gasteiger partial charge in [0.2, 0.25) is 0 Å². The number of hydrogen-bond donors (Lipinski definition) is 0. The molecule has 0 aromatic rings. The molecule has 1 unspecified atom stereocenters. The summed E-state index contributed by atoms with van der Waals surface area (Å²) in [5.41, 5.74) is 0. The quantitative estimate of drug-likeness (QED) is 0.0261. The summed E-state index contributed by atoms with van der Waals surface area (Å²) in [7, 11) is 0. The van der Waals surface area contributed by atoms with Crippen molar-refractivity contribution >= 4 is 17.9 Å². The predicted molar refractivity (Wildman–Crippen MR) is 358 cm³/mol. The van der Waals surface area contributed by atoms with E-state index in [0.29, 0.717) is 19.3 Å². The van der Waals surface area contributed by atoms with Crippen LogP contribution in [0, 0.1) is 0 Å². The Bertz CT molecular complexity index is 1410. The van der Waals surface area contributed by atoms with Crippen molar-refractivity contribution in [2.45, 2.75) is 406 Å². The summed E-state index contributed by atoms with van der Waals surface area (Å²) in [4.78, 5) is 38.5. The van der Waals surface area contributed by atoms with Gasteiger partial charge in [0, 0.05) is 19.3 Å². The van der Waals surface area contributed by atoms with E-state index in [-0.39, 0.29) is 31.1 Å². The van der Waals surface area contributed by atoms with E-state index in [9.17, 15) is 14.4 Å².